The van der Waals surface area contributed by atoms with Gasteiger partial charge in [-0.1, -0.05) is 150 Å². The van der Waals surface area contributed by atoms with E-state index in [9.17, 15) is 33.1 Å². The minimum absolute atomic E-state index is 0. The van der Waals surface area contributed by atoms with Crippen molar-refractivity contribution in [2.75, 3.05) is 77.8 Å². The summed E-state index contributed by atoms with van der Waals surface area (Å²) in [6.45, 7) is 35.9. The molecule has 0 saturated heterocycles. The number of fused-ring (bicyclic) bond motifs is 4. The van der Waals surface area contributed by atoms with Gasteiger partial charge in [-0.15, -0.1) is 11.8 Å². The van der Waals surface area contributed by atoms with Crippen LogP contribution in [0.3, 0.4) is 0 Å². The van der Waals surface area contributed by atoms with Crippen molar-refractivity contribution in [2.24, 2.45) is 0 Å². The van der Waals surface area contributed by atoms with E-state index < -0.39 is 27.4 Å². The van der Waals surface area contributed by atoms with E-state index in [-0.39, 0.29) is 39.0 Å². The molecule has 5 N–H and O–H groups in total. The highest BCUT2D eigenvalue weighted by Crippen LogP contribution is 2.51. The number of nitrogens with one attached hydrogen (secondary N) is 2. The van der Waals surface area contributed by atoms with Gasteiger partial charge in [-0.25, -0.2) is 18.0 Å². The van der Waals surface area contributed by atoms with Crippen LogP contribution in [0.25, 0.3) is 0 Å². The van der Waals surface area contributed by atoms with Gasteiger partial charge in [0.05, 0.1) is 20.9 Å². The summed E-state index contributed by atoms with van der Waals surface area (Å²) < 4.78 is 58.1. The second-order valence-corrected chi connectivity index (χ2v) is 38.2. The average Bonchev–Trinajstić information content (AvgIpc) is 1.62. The van der Waals surface area contributed by atoms with Crippen molar-refractivity contribution in [2.45, 2.75) is 220 Å². The molecule has 0 unspecified atom stereocenters. The van der Waals surface area contributed by atoms with Crippen LogP contribution in [0.15, 0.2) is 189 Å². The van der Waals surface area contributed by atoms with Gasteiger partial charge in [-0.3, -0.25) is 10.1 Å². The number of rotatable bonds is 35. The number of ether oxygens (including phenoxy) is 2. The van der Waals surface area contributed by atoms with Crippen LogP contribution >= 0.6 is 60.1 Å². The van der Waals surface area contributed by atoms with Crippen LogP contribution in [0, 0.1) is 0 Å². The van der Waals surface area contributed by atoms with Crippen molar-refractivity contribution in [1.29, 1.82) is 0 Å². The highest BCUT2D eigenvalue weighted by atomic mass is 35.5. The van der Waals surface area contributed by atoms with Gasteiger partial charge in [0.1, 0.15) is 24.3 Å². The highest BCUT2D eigenvalue weighted by molar-refractivity contribution is 8.03. The van der Waals surface area contributed by atoms with E-state index in [0.717, 1.165) is 112 Å². The number of unbranched alkanes of at least 4 members (excludes halogenated alkanes) is 5. The van der Waals surface area contributed by atoms with Crippen LogP contribution in [-0.2, 0) is 65.5 Å². The third-order valence-electron chi connectivity index (χ3n) is 21.1. The SMILES string of the molecule is CC(C)(C)OC(=O)NCCS.CC(C)(C)OC(=O)NCCSC1=C(C=CC2=[N+](CCCCS(=O)(=O)[O-])c3ccccc3C2(C)C)CCC1=CC=C1N(CCCCSOO[O-])c2ccccc2C1(C)C.CCCCC[N+]1=C(C=CC2=C(Cl)C(=CC=C3N(CCCCSOO[O-])c4ccccc4C3(C)C)CC2)C(C)(C)c2ccccc21.[OH3+]. The predicted octanol–water partition coefficient (Wildman–Crippen LogP) is 18.4. The van der Waals surface area contributed by atoms with Crippen molar-refractivity contribution >= 4 is 117 Å². The minimum Gasteiger partial charge on any atom is -0.748 e. The monoisotopic (exact) mass is 1690 g/mol. The first-order valence-corrected chi connectivity index (χ1v) is 45.3. The molecule has 4 aromatic carbocycles. The number of alkyl carbamates (subject to hydrolysis) is 2. The van der Waals surface area contributed by atoms with Crippen molar-refractivity contribution in [3.8, 4) is 0 Å². The number of thiol groups is 1. The fraction of sp³-hybridized carbons (Fsp3) is 0.506. The van der Waals surface area contributed by atoms with Crippen LogP contribution < -0.4 is 30.9 Å². The average molecular weight is 1700 g/mol. The Kier molecular flexibility index (Phi) is 36.7. The van der Waals surface area contributed by atoms with E-state index >= 15 is 0 Å². The van der Waals surface area contributed by atoms with Crippen LogP contribution in [0.5, 0.6) is 0 Å². The third-order valence-corrected chi connectivity index (χ3v) is 25.1. The Morgan fingerprint density at radius 1 is 0.548 bits per heavy atom. The number of hydrogen-bond acceptors (Lipinski definition) is 19. The lowest BCUT2D eigenvalue weighted by Gasteiger charge is -2.27. The normalized spacial score (nSPS) is 18.5. The Bertz CT molecular complexity index is 4430. The molecule has 4 heterocycles. The van der Waals surface area contributed by atoms with Crippen molar-refractivity contribution in [3.63, 3.8) is 0 Å². The molecular formula is C89H123ClN6O14S5. The molecule has 0 radical (unpaired) electrons. The zero-order valence-corrected chi connectivity index (χ0v) is 74.9. The number of allylic oxidation sites excluding steroid dienone is 15. The Morgan fingerprint density at radius 2 is 0.974 bits per heavy atom. The molecule has 0 spiro atoms. The number of carbonyl (C=O) groups is 2. The summed E-state index contributed by atoms with van der Waals surface area (Å²) in [4.78, 5) is 29.4. The largest absolute Gasteiger partial charge is 0.748 e. The molecule has 0 bridgehead atoms. The van der Waals surface area contributed by atoms with E-state index in [2.05, 4.69) is 257 Å². The lowest BCUT2D eigenvalue weighted by Crippen LogP contribution is -2.33. The molecule has 26 heteroatoms. The van der Waals surface area contributed by atoms with Crippen LogP contribution in [0.2, 0.25) is 0 Å². The maximum atomic E-state index is 12.5. The zero-order chi connectivity index (χ0) is 83.1. The molecule has 0 saturated carbocycles. The second kappa shape index (κ2) is 44.1. The Morgan fingerprint density at radius 3 is 1.43 bits per heavy atom. The first-order chi connectivity index (χ1) is 54.1. The predicted molar refractivity (Wildman–Crippen MR) is 472 cm³/mol. The van der Waals surface area contributed by atoms with Gasteiger partial charge >= 0.3 is 12.2 Å². The lowest BCUT2D eigenvalue weighted by molar-refractivity contribution is -0.777. The summed E-state index contributed by atoms with van der Waals surface area (Å²) in [5.74, 6) is 2.28. The maximum absolute atomic E-state index is 12.5. The Balaban J connectivity index is 0.000000285. The summed E-state index contributed by atoms with van der Waals surface area (Å²) >= 11 is 14.8. The van der Waals surface area contributed by atoms with Gasteiger partial charge in [-0.2, -0.15) is 30.4 Å². The van der Waals surface area contributed by atoms with E-state index in [1.54, 1.807) is 11.8 Å². The smallest absolute Gasteiger partial charge is 0.407 e. The van der Waals surface area contributed by atoms with Crippen LogP contribution in [-0.4, -0.2) is 125 Å². The summed E-state index contributed by atoms with van der Waals surface area (Å²) in [7, 11) is -4.27. The molecule has 0 fully saturated rings. The molecular weight excluding hydrogens is 1570 g/mol. The van der Waals surface area contributed by atoms with Gasteiger partial charge in [0, 0.05) is 171 Å². The Hall–Kier alpha value is -6.40. The quantitative estimate of drug-likeness (QED) is 0.00565. The van der Waals surface area contributed by atoms with Crippen molar-refractivity contribution in [1.82, 2.24) is 10.6 Å². The van der Waals surface area contributed by atoms with Gasteiger partial charge in [0.15, 0.2) is 11.4 Å². The number of nitrogens with zero attached hydrogens (tertiary/aromatic N) is 4. The van der Waals surface area contributed by atoms with Gasteiger partial charge in [0.25, 0.3) is 0 Å². The molecule has 0 atom stereocenters. The van der Waals surface area contributed by atoms with Crippen molar-refractivity contribution < 1.29 is 75.9 Å². The number of amides is 2. The number of halogens is 1. The summed E-state index contributed by atoms with van der Waals surface area (Å²) in [6.07, 6.45) is 29.1. The topological polar surface area (TPSA) is 262 Å². The number of para-hydroxylation sites is 4. The molecule has 115 heavy (non-hydrogen) atoms. The summed E-state index contributed by atoms with van der Waals surface area (Å²) in [5.41, 5.74) is 18.2. The number of carbonyl (C=O) groups excluding carboxylic acids is 2. The molecule has 0 aromatic heterocycles. The molecule has 2 amide bonds. The molecule has 10 rings (SSSR count). The number of anilines is 2. The van der Waals surface area contributed by atoms with E-state index in [1.807, 2.05) is 53.7 Å². The molecule has 20 nitrogen and oxygen atoms in total. The summed E-state index contributed by atoms with van der Waals surface area (Å²) in [6, 6.07) is 34.4. The Labute approximate surface area is 707 Å². The first-order valence-electron chi connectivity index (χ1n) is 39.9. The standard InChI is InChI=1S/C44H59N3O8S3.C38H47ClN2O3S.C7H15NO2S.H2O/c1-42(2,3)53-41(48)45-26-30-56-40-32(22-24-38-43(4,5)34-16-8-10-18-36(34)46(38)27-12-14-29-57-55-54-49)20-21-33(40)23-25-39-44(6,7)35-17-9-11-19-37(35)47(39)28-13-15-31-58(50,51)52;1-6-7-12-25-40-32-17-10-8-15-30(32)37(2,3)34(40)23-21-28-19-20-29(36(28)39)22-24-35-38(4,5)31-16-9-11-18-33(31)41(35)26-13-14-27-45-44-43-42;1-7(2,3)10-6(9)8-4-5-11;/h8-11,16-19,22-25H,12-15,20-21,26-31H2,1-7H3,(H2-,45,48,49,50,51,52);8-11,15-18,21-24H,6-7,12-14,19-20,25-27H2,1-5H3;11H,4-5H2,1-3H3,(H,8,9);1H2. The van der Waals surface area contributed by atoms with E-state index in [4.69, 9.17) is 21.1 Å². The third kappa shape index (κ3) is 26.3. The summed E-state index contributed by atoms with van der Waals surface area (Å²) in [5, 5.41) is 33.6. The van der Waals surface area contributed by atoms with E-state index in [0.29, 0.717) is 55.5 Å². The van der Waals surface area contributed by atoms with Crippen LogP contribution in [0.1, 0.15) is 210 Å². The van der Waals surface area contributed by atoms with E-state index in [1.165, 1.54) is 103 Å². The number of benzene rings is 4. The first kappa shape index (κ1) is 95.7. The van der Waals surface area contributed by atoms with Gasteiger partial charge in [0.2, 0.25) is 11.4 Å². The van der Waals surface area contributed by atoms with Gasteiger partial charge in [-0.05, 0) is 191 Å². The molecule has 4 aliphatic heterocycles. The fourth-order valence-corrected chi connectivity index (χ4v) is 18.6. The zero-order valence-electron chi connectivity index (χ0n) is 70.0. The molecule has 2 aliphatic carbocycles. The van der Waals surface area contributed by atoms with Crippen molar-refractivity contribution in [3.05, 3.63) is 212 Å². The van der Waals surface area contributed by atoms with Gasteiger partial charge < -0.3 is 50.5 Å². The minimum atomic E-state index is -4.27. The fourth-order valence-electron chi connectivity index (χ4n) is 15.6. The molecule has 4 aromatic rings. The number of thioether (sulfide) groups is 1. The molecule has 630 valence electrons. The molecule has 6 aliphatic rings. The second-order valence-electron chi connectivity index (χ2n) is 33.2. The van der Waals surface area contributed by atoms with Crippen LogP contribution in [0.4, 0.5) is 32.3 Å². The highest BCUT2D eigenvalue weighted by Gasteiger charge is 2.46. The number of hydrogen-bond donors (Lipinski definition) is 3. The maximum Gasteiger partial charge on any atom is 0.407 e. The lowest BCUT2D eigenvalue weighted by atomic mass is 9.81.